The maximum atomic E-state index is 11.6. The first-order valence-corrected chi connectivity index (χ1v) is 5.94. The number of aliphatic carboxylic acids is 1. The Morgan fingerprint density at radius 1 is 1.25 bits per heavy atom. The van der Waals surface area contributed by atoms with Crippen LogP contribution in [-0.4, -0.2) is 36.4 Å². The third-order valence-corrected chi connectivity index (χ3v) is 3.04. The number of aromatic hydroxyl groups is 1. The van der Waals surface area contributed by atoms with E-state index >= 15 is 0 Å². The summed E-state index contributed by atoms with van der Waals surface area (Å²) in [5, 5.41) is 19.1. The molecule has 2 N–H and O–H groups in total. The number of carboxylic acids is 1. The Bertz CT molecular complexity index is 533. The molecule has 110 valence electrons. The molecule has 0 saturated carbocycles. The average Bonchev–Trinajstić information content (AvgIpc) is 2.36. The van der Waals surface area contributed by atoms with Crippen LogP contribution in [0.1, 0.15) is 36.2 Å². The Morgan fingerprint density at radius 3 is 2.30 bits per heavy atom. The van der Waals surface area contributed by atoms with Crippen LogP contribution in [0.15, 0.2) is 12.1 Å². The Labute approximate surface area is 116 Å². The van der Waals surface area contributed by atoms with Crippen molar-refractivity contribution in [3.8, 4) is 11.5 Å². The number of carbonyl (C=O) groups is 2. The number of ether oxygens (including phenoxy) is 2. The summed E-state index contributed by atoms with van der Waals surface area (Å²) in [5.41, 5.74) is -0.358. The largest absolute Gasteiger partial charge is 0.504 e. The summed E-state index contributed by atoms with van der Waals surface area (Å²) >= 11 is 0. The van der Waals surface area contributed by atoms with Gasteiger partial charge in [0, 0.05) is 11.0 Å². The Kier molecular flexibility index (Phi) is 4.60. The number of carbonyl (C=O) groups excluding carboxylic acids is 1. The van der Waals surface area contributed by atoms with Gasteiger partial charge in [0.05, 0.1) is 26.2 Å². The summed E-state index contributed by atoms with van der Waals surface area (Å²) in [5.74, 6) is -1.67. The molecule has 20 heavy (non-hydrogen) atoms. The van der Waals surface area contributed by atoms with Crippen molar-refractivity contribution < 1.29 is 29.3 Å². The van der Waals surface area contributed by atoms with Gasteiger partial charge >= 0.3 is 11.9 Å². The van der Waals surface area contributed by atoms with Gasteiger partial charge < -0.3 is 19.7 Å². The minimum Gasteiger partial charge on any atom is -0.504 e. The molecule has 1 rings (SSSR count). The number of hydrogen-bond donors (Lipinski definition) is 2. The number of esters is 1. The number of carboxylic acid groups (broad SMARTS) is 1. The summed E-state index contributed by atoms with van der Waals surface area (Å²) in [7, 11) is 2.59. The quantitative estimate of drug-likeness (QED) is 0.802. The highest BCUT2D eigenvalue weighted by molar-refractivity contribution is 5.90. The van der Waals surface area contributed by atoms with E-state index in [9.17, 15) is 14.7 Å². The van der Waals surface area contributed by atoms with E-state index in [1.807, 2.05) is 0 Å². The molecule has 6 heteroatoms. The van der Waals surface area contributed by atoms with Crippen molar-refractivity contribution >= 4 is 11.9 Å². The van der Waals surface area contributed by atoms with E-state index in [2.05, 4.69) is 4.74 Å². The van der Waals surface area contributed by atoms with Gasteiger partial charge in [0.15, 0.2) is 11.5 Å². The van der Waals surface area contributed by atoms with Crippen molar-refractivity contribution in [1.29, 1.82) is 0 Å². The summed E-state index contributed by atoms with van der Waals surface area (Å²) in [4.78, 5) is 22.5. The lowest BCUT2D eigenvalue weighted by Crippen LogP contribution is -2.22. The van der Waals surface area contributed by atoms with E-state index < -0.39 is 17.4 Å². The van der Waals surface area contributed by atoms with Crippen LogP contribution < -0.4 is 4.74 Å². The van der Waals surface area contributed by atoms with Crippen LogP contribution >= 0.6 is 0 Å². The van der Waals surface area contributed by atoms with Gasteiger partial charge in [-0.3, -0.25) is 4.79 Å². The standard InChI is InChI=1S/C14H18O6/c1-14(2,7-11(15)16)9-5-8(13(18)20-4)6-10(19-3)12(9)17/h5-6,17H,7H2,1-4H3,(H,15,16). The van der Waals surface area contributed by atoms with E-state index in [-0.39, 0.29) is 23.5 Å². The number of rotatable bonds is 5. The second-order valence-corrected chi connectivity index (χ2v) is 5.02. The normalized spacial score (nSPS) is 11.0. The first-order valence-electron chi connectivity index (χ1n) is 5.94. The van der Waals surface area contributed by atoms with Crippen LogP contribution in [0.4, 0.5) is 0 Å². The lowest BCUT2D eigenvalue weighted by atomic mass is 9.80. The van der Waals surface area contributed by atoms with Gasteiger partial charge in [-0.25, -0.2) is 4.79 Å². The fraction of sp³-hybridized carbons (Fsp3) is 0.429. The third kappa shape index (κ3) is 3.20. The Hall–Kier alpha value is -2.24. The summed E-state index contributed by atoms with van der Waals surface area (Å²) in [6, 6.07) is 2.77. The first kappa shape index (κ1) is 15.8. The fourth-order valence-electron chi connectivity index (χ4n) is 1.99. The van der Waals surface area contributed by atoms with Crippen molar-refractivity contribution in [2.24, 2.45) is 0 Å². The van der Waals surface area contributed by atoms with E-state index in [0.717, 1.165) is 0 Å². The molecule has 0 bridgehead atoms. The van der Waals surface area contributed by atoms with Crippen molar-refractivity contribution in [1.82, 2.24) is 0 Å². The first-order chi connectivity index (χ1) is 9.22. The summed E-state index contributed by atoms with van der Waals surface area (Å²) in [6.45, 7) is 3.33. The van der Waals surface area contributed by atoms with Crippen molar-refractivity contribution in [3.63, 3.8) is 0 Å². The minimum absolute atomic E-state index is 0.0985. The topological polar surface area (TPSA) is 93.1 Å². The van der Waals surface area contributed by atoms with Crippen LogP contribution in [0.2, 0.25) is 0 Å². The Balaban J connectivity index is 3.44. The number of phenols is 1. The van der Waals surface area contributed by atoms with Crippen LogP contribution in [0.25, 0.3) is 0 Å². The molecule has 0 radical (unpaired) electrons. The van der Waals surface area contributed by atoms with E-state index in [1.165, 1.54) is 26.4 Å². The molecule has 0 spiro atoms. The molecule has 6 nitrogen and oxygen atoms in total. The Morgan fingerprint density at radius 2 is 1.85 bits per heavy atom. The average molecular weight is 282 g/mol. The van der Waals surface area contributed by atoms with Crippen molar-refractivity contribution in [2.45, 2.75) is 25.7 Å². The second-order valence-electron chi connectivity index (χ2n) is 5.02. The van der Waals surface area contributed by atoms with E-state index in [1.54, 1.807) is 13.8 Å². The SMILES string of the molecule is COC(=O)c1cc(OC)c(O)c(C(C)(C)CC(=O)O)c1. The van der Waals surface area contributed by atoms with Gasteiger partial charge in [0.25, 0.3) is 0 Å². The second kappa shape index (κ2) is 5.81. The molecule has 1 aromatic carbocycles. The number of hydrogen-bond acceptors (Lipinski definition) is 5. The highest BCUT2D eigenvalue weighted by Crippen LogP contribution is 2.40. The number of phenolic OH excluding ortho intramolecular Hbond substituents is 1. The van der Waals surface area contributed by atoms with E-state index in [0.29, 0.717) is 5.56 Å². The monoisotopic (exact) mass is 282 g/mol. The van der Waals surface area contributed by atoms with Gasteiger partial charge in [-0.15, -0.1) is 0 Å². The van der Waals surface area contributed by atoms with Gasteiger partial charge in [0.1, 0.15) is 0 Å². The molecular formula is C14H18O6. The molecule has 0 saturated heterocycles. The maximum absolute atomic E-state index is 11.6. The minimum atomic E-state index is -1.00. The van der Waals surface area contributed by atoms with Gasteiger partial charge in [0.2, 0.25) is 0 Å². The molecule has 0 unspecified atom stereocenters. The zero-order valence-electron chi connectivity index (χ0n) is 11.9. The third-order valence-electron chi connectivity index (χ3n) is 3.04. The lowest BCUT2D eigenvalue weighted by molar-refractivity contribution is -0.138. The molecular weight excluding hydrogens is 264 g/mol. The highest BCUT2D eigenvalue weighted by Gasteiger charge is 2.30. The molecule has 1 aromatic rings. The highest BCUT2D eigenvalue weighted by atomic mass is 16.5. The molecule has 0 aliphatic rings. The molecule has 0 aromatic heterocycles. The van der Waals surface area contributed by atoms with E-state index in [4.69, 9.17) is 9.84 Å². The molecule has 0 amide bonds. The molecule has 0 aliphatic heterocycles. The number of methoxy groups -OCH3 is 2. The summed E-state index contributed by atoms with van der Waals surface area (Å²) < 4.78 is 9.65. The predicted octanol–water partition coefficient (Wildman–Crippen LogP) is 1.94. The smallest absolute Gasteiger partial charge is 0.337 e. The zero-order chi connectivity index (χ0) is 15.5. The number of benzene rings is 1. The fourth-order valence-corrected chi connectivity index (χ4v) is 1.99. The zero-order valence-corrected chi connectivity index (χ0v) is 11.9. The molecule has 0 heterocycles. The van der Waals surface area contributed by atoms with Gasteiger partial charge in [-0.1, -0.05) is 13.8 Å². The predicted molar refractivity (Wildman–Crippen MR) is 71.3 cm³/mol. The lowest BCUT2D eigenvalue weighted by Gasteiger charge is -2.25. The van der Waals surface area contributed by atoms with Crippen molar-refractivity contribution in [2.75, 3.05) is 14.2 Å². The van der Waals surface area contributed by atoms with Crippen LogP contribution in [-0.2, 0) is 14.9 Å². The molecule has 0 atom stereocenters. The van der Waals surface area contributed by atoms with Crippen LogP contribution in [0.3, 0.4) is 0 Å². The summed E-state index contributed by atoms with van der Waals surface area (Å²) in [6.07, 6.45) is -0.200. The van der Waals surface area contributed by atoms with Crippen LogP contribution in [0.5, 0.6) is 11.5 Å². The van der Waals surface area contributed by atoms with Crippen LogP contribution in [0, 0.1) is 0 Å². The van der Waals surface area contributed by atoms with Gasteiger partial charge in [-0.05, 0) is 12.1 Å². The molecule has 0 fully saturated rings. The van der Waals surface area contributed by atoms with Gasteiger partial charge in [-0.2, -0.15) is 0 Å². The van der Waals surface area contributed by atoms with Crippen molar-refractivity contribution in [3.05, 3.63) is 23.3 Å². The molecule has 0 aliphatic carbocycles. The maximum Gasteiger partial charge on any atom is 0.337 e.